The Bertz CT molecular complexity index is 922. The number of ether oxygens (including phenoxy) is 2. The minimum Gasteiger partial charge on any atom is -0.481 e. The van der Waals surface area contributed by atoms with E-state index in [1.54, 1.807) is 6.92 Å². The Kier molecular flexibility index (Phi) is 6.33. The first-order valence-electron chi connectivity index (χ1n) is 9.43. The van der Waals surface area contributed by atoms with E-state index in [2.05, 4.69) is 19.2 Å². The van der Waals surface area contributed by atoms with E-state index in [1.165, 1.54) is 0 Å². The lowest BCUT2D eigenvalue weighted by Crippen LogP contribution is -2.30. The van der Waals surface area contributed by atoms with Gasteiger partial charge < -0.3 is 14.8 Å². The molecule has 28 heavy (non-hydrogen) atoms. The first kappa shape index (κ1) is 19.5. The van der Waals surface area contributed by atoms with E-state index in [9.17, 15) is 4.79 Å². The molecule has 1 N–H and O–H groups in total. The van der Waals surface area contributed by atoms with Gasteiger partial charge in [-0.25, -0.2) is 0 Å². The molecule has 1 amide bonds. The van der Waals surface area contributed by atoms with Crippen LogP contribution in [0.25, 0.3) is 0 Å². The van der Waals surface area contributed by atoms with Gasteiger partial charge in [-0.2, -0.15) is 0 Å². The fourth-order valence-corrected chi connectivity index (χ4v) is 2.82. The number of para-hydroxylation sites is 4. The summed E-state index contributed by atoms with van der Waals surface area (Å²) in [6.45, 7) is 5.95. The number of rotatable bonds is 7. The molecule has 3 aromatic carbocycles. The van der Waals surface area contributed by atoms with E-state index in [0.29, 0.717) is 23.1 Å². The standard InChI is InChI=1S/C24H25NO3/c1-17(2)20-13-7-9-15-22(20)27-18(3)24(26)25-21-14-8-10-16-23(21)28-19-11-5-4-6-12-19/h4-18H,1-3H3,(H,25,26)/t18-/m1/s1. The molecule has 3 rings (SSSR count). The molecule has 0 heterocycles. The van der Waals surface area contributed by atoms with E-state index in [1.807, 2.05) is 78.9 Å². The summed E-state index contributed by atoms with van der Waals surface area (Å²) in [5.74, 6) is 2.10. The third-order valence-electron chi connectivity index (χ3n) is 4.33. The van der Waals surface area contributed by atoms with Crippen LogP contribution in [-0.2, 0) is 4.79 Å². The highest BCUT2D eigenvalue weighted by atomic mass is 16.5. The van der Waals surface area contributed by atoms with Gasteiger partial charge in [0.05, 0.1) is 5.69 Å². The summed E-state index contributed by atoms with van der Waals surface area (Å²) in [7, 11) is 0. The Labute approximate surface area is 166 Å². The lowest BCUT2D eigenvalue weighted by molar-refractivity contribution is -0.122. The van der Waals surface area contributed by atoms with E-state index in [-0.39, 0.29) is 5.91 Å². The fourth-order valence-electron chi connectivity index (χ4n) is 2.82. The van der Waals surface area contributed by atoms with E-state index in [4.69, 9.17) is 9.47 Å². The summed E-state index contributed by atoms with van der Waals surface area (Å²) in [4.78, 5) is 12.7. The van der Waals surface area contributed by atoms with E-state index < -0.39 is 6.10 Å². The van der Waals surface area contributed by atoms with Crippen LogP contribution in [0.1, 0.15) is 32.3 Å². The van der Waals surface area contributed by atoms with Gasteiger partial charge in [0.2, 0.25) is 0 Å². The molecule has 0 aliphatic carbocycles. The first-order valence-corrected chi connectivity index (χ1v) is 9.43. The lowest BCUT2D eigenvalue weighted by Gasteiger charge is -2.19. The molecular weight excluding hydrogens is 350 g/mol. The van der Waals surface area contributed by atoms with Crippen molar-refractivity contribution in [2.24, 2.45) is 0 Å². The van der Waals surface area contributed by atoms with Crippen molar-refractivity contribution < 1.29 is 14.3 Å². The van der Waals surface area contributed by atoms with Gasteiger partial charge in [-0.15, -0.1) is 0 Å². The molecule has 0 bridgehead atoms. The van der Waals surface area contributed by atoms with Crippen LogP contribution in [-0.4, -0.2) is 12.0 Å². The van der Waals surface area contributed by atoms with Crippen LogP contribution in [0.5, 0.6) is 17.2 Å². The molecule has 1 atom stereocenters. The summed E-state index contributed by atoms with van der Waals surface area (Å²) in [5.41, 5.74) is 1.68. The molecule has 4 nitrogen and oxygen atoms in total. The van der Waals surface area contributed by atoms with Crippen molar-refractivity contribution in [2.75, 3.05) is 5.32 Å². The van der Waals surface area contributed by atoms with Crippen molar-refractivity contribution >= 4 is 11.6 Å². The summed E-state index contributed by atoms with van der Waals surface area (Å²) in [6, 6.07) is 24.6. The van der Waals surface area contributed by atoms with Crippen molar-refractivity contribution in [3.63, 3.8) is 0 Å². The molecular formula is C24H25NO3. The van der Waals surface area contributed by atoms with Crippen LogP contribution >= 0.6 is 0 Å². The second-order valence-corrected chi connectivity index (χ2v) is 6.85. The predicted octanol–water partition coefficient (Wildman–Crippen LogP) is 6.01. The average molecular weight is 375 g/mol. The number of hydrogen-bond donors (Lipinski definition) is 1. The molecule has 0 aliphatic heterocycles. The Balaban J connectivity index is 1.71. The Morgan fingerprint density at radius 2 is 1.39 bits per heavy atom. The molecule has 0 spiro atoms. The summed E-state index contributed by atoms with van der Waals surface area (Å²) < 4.78 is 11.8. The Hall–Kier alpha value is -3.27. The minimum absolute atomic E-state index is 0.234. The third kappa shape index (κ3) is 4.92. The number of carbonyl (C=O) groups excluding carboxylic acids is 1. The molecule has 0 saturated carbocycles. The van der Waals surface area contributed by atoms with E-state index in [0.717, 1.165) is 11.3 Å². The number of hydrogen-bond acceptors (Lipinski definition) is 3. The van der Waals surface area contributed by atoms with Crippen molar-refractivity contribution in [3.8, 4) is 17.2 Å². The molecule has 0 unspecified atom stereocenters. The molecule has 4 heteroatoms. The highest BCUT2D eigenvalue weighted by Gasteiger charge is 2.19. The van der Waals surface area contributed by atoms with Crippen LogP contribution in [0.3, 0.4) is 0 Å². The second kappa shape index (κ2) is 9.09. The van der Waals surface area contributed by atoms with Gasteiger partial charge >= 0.3 is 0 Å². The summed E-state index contributed by atoms with van der Waals surface area (Å²) in [5, 5.41) is 2.91. The highest BCUT2D eigenvalue weighted by Crippen LogP contribution is 2.30. The molecule has 0 aliphatic rings. The largest absolute Gasteiger partial charge is 0.481 e. The van der Waals surface area contributed by atoms with Gasteiger partial charge in [0.1, 0.15) is 11.5 Å². The van der Waals surface area contributed by atoms with Crippen molar-refractivity contribution in [2.45, 2.75) is 32.8 Å². The molecule has 0 saturated heterocycles. The monoisotopic (exact) mass is 375 g/mol. The summed E-state index contributed by atoms with van der Waals surface area (Å²) in [6.07, 6.45) is -0.648. The predicted molar refractivity (Wildman–Crippen MR) is 112 cm³/mol. The van der Waals surface area contributed by atoms with Crippen LogP contribution in [0, 0.1) is 0 Å². The van der Waals surface area contributed by atoms with Gasteiger partial charge in [-0.1, -0.05) is 62.4 Å². The van der Waals surface area contributed by atoms with Gasteiger partial charge in [0.25, 0.3) is 5.91 Å². The second-order valence-electron chi connectivity index (χ2n) is 6.85. The zero-order valence-electron chi connectivity index (χ0n) is 16.4. The van der Waals surface area contributed by atoms with Crippen LogP contribution < -0.4 is 14.8 Å². The zero-order valence-corrected chi connectivity index (χ0v) is 16.4. The Morgan fingerprint density at radius 1 is 0.786 bits per heavy atom. The SMILES string of the molecule is CC(C)c1ccccc1O[C@H](C)C(=O)Nc1ccccc1Oc1ccccc1. The van der Waals surface area contributed by atoms with Crippen LogP contribution in [0.15, 0.2) is 78.9 Å². The molecule has 0 aromatic heterocycles. The first-order chi connectivity index (χ1) is 13.5. The number of nitrogens with one attached hydrogen (secondary N) is 1. The smallest absolute Gasteiger partial charge is 0.265 e. The normalized spacial score (nSPS) is 11.7. The number of anilines is 1. The van der Waals surface area contributed by atoms with Gasteiger partial charge in [-0.05, 0) is 48.7 Å². The van der Waals surface area contributed by atoms with E-state index >= 15 is 0 Å². The lowest BCUT2D eigenvalue weighted by atomic mass is 10.0. The van der Waals surface area contributed by atoms with Crippen LogP contribution in [0.4, 0.5) is 5.69 Å². The van der Waals surface area contributed by atoms with Crippen molar-refractivity contribution in [1.29, 1.82) is 0 Å². The maximum Gasteiger partial charge on any atom is 0.265 e. The maximum atomic E-state index is 12.7. The fraction of sp³-hybridized carbons (Fsp3) is 0.208. The molecule has 0 fully saturated rings. The quantitative estimate of drug-likeness (QED) is 0.550. The summed E-state index contributed by atoms with van der Waals surface area (Å²) >= 11 is 0. The average Bonchev–Trinajstić information content (AvgIpc) is 2.70. The topological polar surface area (TPSA) is 47.6 Å². The van der Waals surface area contributed by atoms with Gasteiger partial charge in [0.15, 0.2) is 11.9 Å². The van der Waals surface area contributed by atoms with Crippen molar-refractivity contribution in [3.05, 3.63) is 84.4 Å². The molecule has 144 valence electrons. The maximum absolute atomic E-state index is 12.7. The third-order valence-corrected chi connectivity index (χ3v) is 4.33. The number of carbonyl (C=O) groups is 1. The van der Waals surface area contributed by atoms with Crippen molar-refractivity contribution in [1.82, 2.24) is 0 Å². The highest BCUT2D eigenvalue weighted by molar-refractivity contribution is 5.95. The van der Waals surface area contributed by atoms with Gasteiger partial charge in [0, 0.05) is 0 Å². The molecule has 0 radical (unpaired) electrons. The van der Waals surface area contributed by atoms with Gasteiger partial charge in [-0.3, -0.25) is 4.79 Å². The number of amides is 1. The zero-order chi connectivity index (χ0) is 19.9. The minimum atomic E-state index is -0.648. The van der Waals surface area contributed by atoms with Crippen LogP contribution in [0.2, 0.25) is 0 Å². The Morgan fingerprint density at radius 3 is 2.11 bits per heavy atom. The molecule has 3 aromatic rings. The number of benzene rings is 3.